The van der Waals surface area contributed by atoms with E-state index in [1.54, 1.807) is 0 Å². The van der Waals surface area contributed by atoms with Crippen molar-refractivity contribution in [2.75, 3.05) is 12.0 Å². The Balaban J connectivity index is 2.06. The molecule has 1 amide bonds. The van der Waals surface area contributed by atoms with Crippen molar-refractivity contribution in [3.8, 4) is 11.8 Å². The largest absolute Gasteiger partial charge is 0.465 e. The zero-order valence-electron chi connectivity index (χ0n) is 19.0. The van der Waals surface area contributed by atoms with Crippen LogP contribution in [0.2, 0.25) is 0 Å². The van der Waals surface area contributed by atoms with Gasteiger partial charge in [0.25, 0.3) is 0 Å². The van der Waals surface area contributed by atoms with Crippen LogP contribution in [0.3, 0.4) is 0 Å². The van der Waals surface area contributed by atoms with E-state index in [4.69, 9.17) is 4.74 Å². The maximum atomic E-state index is 13.5. The highest BCUT2D eigenvalue weighted by atomic mass is 32.1. The molecule has 3 rings (SSSR count). The van der Waals surface area contributed by atoms with E-state index in [1.165, 1.54) is 37.7 Å². The number of carbonyl (C=O) groups is 3. The molecule has 6 heteroatoms. The summed E-state index contributed by atoms with van der Waals surface area (Å²) in [6.45, 7) is 6.10. The Morgan fingerprint density at radius 3 is 2.55 bits per heavy atom. The minimum absolute atomic E-state index is 0.0489. The fourth-order valence-electron chi connectivity index (χ4n) is 4.69. The highest BCUT2D eigenvalue weighted by molar-refractivity contribution is 7.15. The number of aldehydes is 1. The van der Waals surface area contributed by atoms with Crippen LogP contribution in [0.15, 0.2) is 6.07 Å². The summed E-state index contributed by atoms with van der Waals surface area (Å²) in [5, 5.41) is 0. The number of methoxy groups -OCH3 is 1. The first-order chi connectivity index (χ1) is 14.7. The van der Waals surface area contributed by atoms with E-state index >= 15 is 0 Å². The molecule has 0 radical (unpaired) electrons. The summed E-state index contributed by atoms with van der Waals surface area (Å²) in [6.07, 6.45) is 8.43. The second-order valence-electron chi connectivity index (χ2n) is 9.67. The van der Waals surface area contributed by atoms with Gasteiger partial charge in [-0.1, -0.05) is 31.1 Å². The predicted octanol–water partition coefficient (Wildman–Crippen LogP) is 5.21. The molecular formula is C25H33NO4S. The summed E-state index contributed by atoms with van der Waals surface area (Å²) in [6, 6.07) is 1.92. The van der Waals surface area contributed by atoms with E-state index in [1.807, 2.05) is 31.7 Å². The molecule has 1 aliphatic carbocycles. The van der Waals surface area contributed by atoms with Crippen molar-refractivity contribution in [3.63, 3.8) is 0 Å². The second-order valence-corrected chi connectivity index (χ2v) is 10.7. The van der Waals surface area contributed by atoms with Crippen LogP contribution in [-0.4, -0.2) is 31.3 Å². The van der Waals surface area contributed by atoms with Gasteiger partial charge in [0.15, 0.2) is 0 Å². The average molecular weight is 444 g/mol. The Labute approximate surface area is 189 Å². The molecule has 0 bridgehead atoms. The molecule has 2 heterocycles. The van der Waals surface area contributed by atoms with E-state index in [0.717, 1.165) is 36.8 Å². The van der Waals surface area contributed by atoms with Crippen molar-refractivity contribution in [1.29, 1.82) is 0 Å². The Bertz CT molecular complexity index is 880. The first kappa shape index (κ1) is 23.5. The zero-order valence-corrected chi connectivity index (χ0v) is 19.8. The molecule has 1 saturated heterocycles. The standard InChI is InChI=1S/C25H33NO4S/c1-25(2,3)14-12-19-16-21(22(31-19)24(29)30-4)26-20(17-8-6-5-7-9-17)11-10-18(13-15-27)23(26)28/h15-18,20H,5-11,13H2,1-4H3. The van der Waals surface area contributed by atoms with Crippen LogP contribution in [0, 0.1) is 29.1 Å². The highest BCUT2D eigenvalue weighted by Gasteiger charge is 2.42. The van der Waals surface area contributed by atoms with Gasteiger partial charge in [0.1, 0.15) is 11.2 Å². The molecule has 2 atom stereocenters. The maximum absolute atomic E-state index is 13.5. The smallest absolute Gasteiger partial charge is 0.350 e. The number of anilines is 1. The van der Waals surface area contributed by atoms with Crippen LogP contribution in [0.25, 0.3) is 0 Å². The van der Waals surface area contributed by atoms with E-state index in [-0.39, 0.29) is 29.7 Å². The molecule has 31 heavy (non-hydrogen) atoms. The summed E-state index contributed by atoms with van der Waals surface area (Å²) in [4.78, 5) is 40.4. The molecule has 5 nitrogen and oxygen atoms in total. The summed E-state index contributed by atoms with van der Waals surface area (Å²) >= 11 is 1.28. The van der Waals surface area contributed by atoms with Gasteiger partial charge in [0.05, 0.1) is 17.7 Å². The van der Waals surface area contributed by atoms with Gasteiger partial charge in [-0.3, -0.25) is 4.79 Å². The summed E-state index contributed by atoms with van der Waals surface area (Å²) in [5.41, 5.74) is 0.433. The molecule has 1 aliphatic heterocycles. The Morgan fingerprint density at radius 1 is 1.23 bits per heavy atom. The van der Waals surface area contributed by atoms with Gasteiger partial charge in [-0.2, -0.15) is 0 Å². The molecule has 0 spiro atoms. The van der Waals surface area contributed by atoms with Crippen molar-refractivity contribution in [2.45, 2.75) is 78.2 Å². The monoisotopic (exact) mass is 443 g/mol. The molecule has 168 valence electrons. The van der Waals surface area contributed by atoms with Gasteiger partial charge in [-0.25, -0.2) is 4.79 Å². The molecule has 0 aromatic carbocycles. The van der Waals surface area contributed by atoms with Crippen LogP contribution >= 0.6 is 11.3 Å². The average Bonchev–Trinajstić information content (AvgIpc) is 3.17. The number of carbonyl (C=O) groups excluding carboxylic acids is 3. The molecule has 1 aromatic rings. The van der Waals surface area contributed by atoms with Crippen LogP contribution in [0.4, 0.5) is 5.69 Å². The summed E-state index contributed by atoms with van der Waals surface area (Å²) < 4.78 is 5.05. The molecule has 1 saturated carbocycles. The zero-order chi connectivity index (χ0) is 22.6. The first-order valence-electron chi connectivity index (χ1n) is 11.3. The van der Waals surface area contributed by atoms with E-state index < -0.39 is 5.97 Å². The molecular weight excluding hydrogens is 410 g/mol. The Morgan fingerprint density at radius 2 is 1.94 bits per heavy atom. The SMILES string of the molecule is COC(=O)c1sc(C#CC(C)(C)C)cc1N1C(=O)C(CC=O)CCC1C1CCCCC1. The van der Waals surface area contributed by atoms with Crippen LogP contribution in [-0.2, 0) is 14.3 Å². The number of amides is 1. The van der Waals surface area contributed by atoms with Gasteiger partial charge < -0.3 is 14.4 Å². The van der Waals surface area contributed by atoms with Gasteiger partial charge in [-0.05, 0) is 58.4 Å². The van der Waals surface area contributed by atoms with Gasteiger partial charge in [0.2, 0.25) is 5.91 Å². The van der Waals surface area contributed by atoms with Crippen LogP contribution in [0.5, 0.6) is 0 Å². The minimum Gasteiger partial charge on any atom is -0.465 e. The number of nitrogens with zero attached hydrogens (tertiary/aromatic N) is 1. The number of hydrogen-bond acceptors (Lipinski definition) is 5. The molecule has 2 unspecified atom stereocenters. The lowest BCUT2D eigenvalue weighted by Crippen LogP contribution is -2.52. The normalized spacial score (nSPS) is 22.6. The Hall–Kier alpha value is -2.13. The second kappa shape index (κ2) is 9.99. The van der Waals surface area contributed by atoms with E-state index in [2.05, 4.69) is 11.8 Å². The third kappa shape index (κ3) is 5.57. The predicted molar refractivity (Wildman–Crippen MR) is 123 cm³/mol. The van der Waals surface area contributed by atoms with E-state index in [9.17, 15) is 14.4 Å². The maximum Gasteiger partial charge on any atom is 0.350 e. The first-order valence-corrected chi connectivity index (χ1v) is 12.1. The lowest BCUT2D eigenvalue weighted by atomic mass is 9.77. The van der Waals surface area contributed by atoms with E-state index in [0.29, 0.717) is 16.5 Å². The molecule has 2 aliphatic rings. The number of thiophene rings is 1. The fraction of sp³-hybridized carbons (Fsp3) is 0.640. The summed E-state index contributed by atoms with van der Waals surface area (Å²) in [5.74, 6) is 5.98. The van der Waals surface area contributed by atoms with Crippen molar-refractivity contribution in [2.24, 2.45) is 17.3 Å². The number of hydrogen-bond donors (Lipinski definition) is 0. The lowest BCUT2D eigenvalue weighted by Gasteiger charge is -2.44. The van der Waals surface area contributed by atoms with Crippen molar-refractivity contribution in [1.82, 2.24) is 0 Å². The van der Waals surface area contributed by atoms with Crippen molar-refractivity contribution >= 4 is 35.2 Å². The number of esters is 1. The Kier molecular flexibility index (Phi) is 7.59. The van der Waals surface area contributed by atoms with Gasteiger partial charge in [0, 0.05) is 23.8 Å². The number of piperidine rings is 1. The number of ether oxygens (including phenoxy) is 1. The van der Waals surface area contributed by atoms with Crippen molar-refractivity contribution < 1.29 is 19.1 Å². The molecule has 1 aromatic heterocycles. The quantitative estimate of drug-likeness (QED) is 0.356. The van der Waals surface area contributed by atoms with Crippen molar-refractivity contribution in [3.05, 3.63) is 15.8 Å². The molecule has 2 fully saturated rings. The topological polar surface area (TPSA) is 63.7 Å². The molecule has 0 N–H and O–H groups in total. The summed E-state index contributed by atoms with van der Waals surface area (Å²) in [7, 11) is 1.36. The van der Waals surface area contributed by atoms with Gasteiger partial charge in [-0.15, -0.1) is 11.3 Å². The van der Waals surface area contributed by atoms with Crippen LogP contribution in [0.1, 0.15) is 86.7 Å². The third-order valence-electron chi connectivity index (χ3n) is 6.21. The number of rotatable bonds is 5. The fourth-order valence-corrected chi connectivity index (χ4v) is 5.61. The lowest BCUT2D eigenvalue weighted by molar-refractivity contribution is -0.127. The third-order valence-corrected chi connectivity index (χ3v) is 7.23. The highest BCUT2D eigenvalue weighted by Crippen LogP contribution is 2.42. The van der Waals surface area contributed by atoms with Gasteiger partial charge >= 0.3 is 5.97 Å². The minimum atomic E-state index is -0.448. The van der Waals surface area contributed by atoms with Crippen LogP contribution < -0.4 is 4.90 Å².